The second kappa shape index (κ2) is 10.2. The number of halogens is 1. The van der Waals surface area contributed by atoms with Crippen molar-refractivity contribution in [2.75, 3.05) is 27.2 Å². The standard InChI is InChI=1S/C21H29NOS.ClH/c1-22(13-4-3-9-20-10-6-14-24-20)16-18-8-5-7-17-15-19(23-2)11-12-21(17)18;/h6,10-12,14-15,18H,3-5,7-9,13,16H2,1-2H3;1H. The summed E-state index contributed by atoms with van der Waals surface area (Å²) in [5.41, 5.74) is 3.05. The average Bonchev–Trinajstić information content (AvgIpc) is 3.12. The predicted molar refractivity (Wildman–Crippen MR) is 111 cm³/mol. The topological polar surface area (TPSA) is 12.5 Å². The summed E-state index contributed by atoms with van der Waals surface area (Å²) in [7, 11) is 4.04. The van der Waals surface area contributed by atoms with Crippen molar-refractivity contribution in [2.24, 2.45) is 0 Å². The summed E-state index contributed by atoms with van der Waals surface area (Å²) in [6.07, 6.45) is 7.64. The van der Waals surface area contributed by atoms with Gasteiger partial charge in [-0.3, -0.25) is 0 Å². The molecule has 0 bridgehead atoms. The Bertz CT molecular complexity index is 629. The maximum Gasteiger partial charge on any atom is 0.119 e. The van der Waals surface area contributed by atoms with E-state index in [4.69, 9.17) is 4.74 Å². The first-order valence-corrected chi connectivity index (χ1v) is 10.0. The molecular weight excluding hydrogens is 350 g/mol. The fraction of sp³-hybridized carbons (Fsp3) is 0.524. The molecule has 1 aromatic carbocycles. The van der Waals surface area contributed by atoms with Crippen molar-refractivity contribution in [2.45, 2.75) is 44.4 Å². The summed E-state index contributed by atoms with van der Waals surface area (Å²) in [6, 6.07) is 11.1. The Labute approximate surface area is 162 Å². The number of ether oxygens (including phenoxy) is 1. The van der Waals surface area contributed by atoms with Gasteiger partial charge in [-0.25, -0.2) is 0 Å². The lowest BCUT2D eigenvalue weighted by molar-refractivity contribution is 0.292. The second-order valence-corrected chi connectivity index (χ2v) is 7.98. The van der Waals surface area contributed by atoms with Gasteiger partial charge in [0.2, 0.25) is 0 Å². The number of aryl methyl sites for hydroxylation is 2. The monoisotopic (exact) mass is 379 g/mol. The van der Waals surface area contributed by atoms with Gasteiger partial charge in [0, 0.05) is 11.4 Å². The highest BCUT2D eigenvalue weighted by Gasteiger charge is 2.21. The third-order valence-electron chi connectivity index (χ3n) is 5.11. The molecule has 0 saturated heterocycles. The van der Waals surface area contributed by atoms with Crippen LogP contribution in [-0.4, -0.2) is 32.1 Å². The van der Waals surface area contributed by atoms with Crippen molar-refractivity contribution in [1.29, 1.82) is 0 Å². The molecule has 1 atom stereocenters. The maximum absolute atomic E-state index is 5.38. The first kappa shape index (κ1) is 20.3. The Kier molecular flexibility index (Phi) is 8.28. The number of hydrogen-bond acceptors (Lipinski definition) is 3. The molecule has 3 rings (SSSR count). The summed E-state index contributed by atoms with van der Waals surface area (Å²) in [4.78, 5) is 4.05. The highest BCUT2D eigenvalue weighted by atomic mass is 35.5. The molecule has 0 N–H and O–H groups in total. The zero-order valence-corrected chi connectivity index (χ0v) is 17.0. The van der Waals surface area contributed by atoms with Crippen molar-refractivity contribution in [3.8, 4) is 5.75 Å². The number of methoxy groups -OCH3 is 1. The van der Waals surface area contributed by atoms with Crippen LogP contribution in [0.15, 0.2) is 35.7 Å². The minimum atomic E-state index is 0. The smallest absolute Gasteiger partial charge is 0.119 e. The Balaban J connectivity index is 0.00000225. The molecule has 1 aliphatic carbocycles. The Hall–Kier alpha value is -1.03. The molecule has 1 heterocycles. The van der Waals surface area contributed by atoms with Gasteiger partial charge in [-0.1, -0.05) is 12.1 Å². The molecule has 2 nitrogen and oxygen atoms in total. The number of unbranched alkanes of at least 4 members (excludes halogenated alkanes) is 1. The van der Waals surface area contributed by atoms with Crippen molar-refractivity contribution in [1.82, 2.24) is 4.90 Å². The summed E-state index contributed by atoms with van der Waals surface area (Å²) < 4.78 is 5.38. The maximum atomic E-state index is 5.38. The number of nitrogens with zero attached hydrogens (tertiary/aromatic N) is 1. The van der Waals surface area contributed by atoms with E-state index < -0.39 is 0 Å². The van der Waals surface area contributed by atoms with Crippen LogP contribution in [-0.2, 0) is 12.8 Å². The van der Waals surface area contributed by atoms with Crippen molar-refractivity contribution in [3.63, 3.8) is 0 Å². The first-order chi connectivity index (χ1) is 11.8. The zero-order valence-electron chi connectivity index (χ0n) is 15.4. The molecule has 0 saturated carbocycles. The molecule has 0 amide bonds. The molecule has 1 aromatic heterocycles. The molecule has 0 spiro atoms. The number of hydrogen-bond donors (Lipinski definition) is 0. The summed E-state index contributed by atoms with van der Waals surface area (Å²) in [5.74, 6) is 1.68. The van der Waals surface area contributed by atoms with Crippen LogP contribution in [0.3, 0.4) is 0 Å². The molecule has 25 heavy (non-hydrogen) atoms. The predicted octanol–water partition coefficient (Wildman–Crippen LogP) is 5.55. The lowest BCUT2D eigenvalue weighted by Crippen LogP contribution is -2.27. The van der Waals surface area contributed by atoms with E-state index >= 15 is 0 Å². The SMILES string of the molecule is COc1ccc2c(c1)CCCC2CN(C)CCCCc1cccs1.Cl. The summed E-state index contributed by atoms with van der Waals surface area (Å²) >= 11 is 1.88. The van der Waals surface area contributed by atoms with Crippen LogP contribution in [0.1, 0.15) is 47.6 Å². The van der Waals surface area contributed by atoms with Crippen molar-refractivity contribution in [3.05, 3.63) is 51.7 Å². The Morgan fingerprint density at radius 1 is 1.24 bits per heavy atom. The summed E-state index contributed by atoms with van der Waals surface area (Å²) in [6.45, 7) is 2.38. The molecule has 0 fully saturated rings. The Morgan fingerprint density at radius 2 is 2.12 bits per heavy atom. The lowest BCUT2D eigenvalue weighted by atomic mass is 9.82. The van der Waals surface area contributed by atoms with Gasteiger partial charge in [-0.15, -0.1) is 23.7 Å². The number of fused-ring (bicyclic) bond motifs is 1. The van der Waals surface area contributed by atoms with Crippen molar-refractivity contribution >= 4 is 23.7 Å². The van der Waals surface area contributed by atoms with Crippen LogP contribution < -0.4 is 4.74 Å². The number of benzene rings is 1. The fourth-order valence-corrected chi connectivity index (χ4v) is 4.56. The van der Waals surface area contributed by atoms with Crippen LogP contribution in [0.4, 0.5) is 0 Å². The van der Waals surface area contributed by atoms with Gasteiger partial charge in [-0.05, 0) is 92.7 Å². The average molecular weight is 380 g/mol. The minimum Gasteiger partial charge on any atom is -0.497 e. The number of likely N-dealkylation sites (N-methyl/N-ethyl adjacent to an activating group) is 1. The van der Waals surface area contributed by atoms with E-state index in [2.05, 4.69) is 47.7 Å². The third kappa shape index (κ3) is 5.73. The van der Waals surface area contributed by atoms with E-state index in [0.717, 1.165) is 5.75 Å². The molecule has 1 aliphatic rings. The second-order valence-electron chi connectivity index (χ2n) is 6.95. The van der Waals surface area contributed by atoms with E-state index in [1.807, 2.05) is 11.3 Å². The number of rotatable bonds is 8. The molecule has 0 radical (unpaired) electrons. The molecule has 1 unspecified atom stereocenters. The zero-order chi connectivity index (χ0) is 16.8. The van der Waals surface area contributed by atoms with Crippen LogP contribution >= 0.6 is 23.7 Å². The van der Waals surface area contributed by atoms with Crippen LogP contribution in [0.5, 0.6) is 5.75 Å². The van der Waals surface area contributed by atoms with E-state index in [0.29, 0.717) is 5.92 Å². The third-order valence-corrected chi connectivity index (χ3v) is 6.05. The van der Waals surface area contributed by atoms with E-state index in [1.165, 1.54) is 62.1 Å². The van der Waals surface area contributed by atoms with Gasteiger partial charge in [0.25, 0.3) is 0 Å². The van der Waals surface area contributed by atoms with Gasteiger partial charge >= 0.3 is 0 Å². The van der Waals surface area contributed by atoms with Gasteiger partial charge in [0.15, 0.2) is 0 Å². The van der Waals surface area contributed by atoms with Gasteiger partial charge in [-0.2, -0.15) is 0 Å². The van der Waals surface area contributed by atoms with Gasteiger partial charge in [0.05, 0.1) is 7.11 Å². The molecular formula is C21H30ClNOS. The normalized spacial score (nSPS) is 16.4. The molecule has 4 heteroatoms. The fourth-order valence-electron chi connectivity index (χ4n) is 3.81. The van der Waals surface area contributed by atoms with Crippen molar-refractivity contribution < 1.29 is 4.74 Å². The van der Waals surface area contributed by atoms with E-state index in [-0.39, 0.29) is 12.4 Å². The van der Waals surface area contributed by atoms with Gasteiger partial charge in [0.1, 0.15) is 5.75 Å². The Morgan fingerprint density at radius 3 is 2.88 bits per heavy atom. The lowest BCUT2D eigenvalue weighted by Gasteiger charge is -2.29. The number of thiophene rings is 1. The van der Waals surface area contributed by atoms with E-state index in [9.17, 15) is 0 Å². The molecule has 0 aliphatic heterocycles. The van der Waals surface area contributed by atoms with Crippen LogP contribution in [0.2, 0.25) is 0 Å². The minimum absolute atomic E-state index is 0. The first-order valence-electron chi connectivity index (χ1n) is 9.14. The van der Waals surface area contributed by atoms with Gasteiger partial charge < -0.3 is 9.64 Å². The highest BCUT2D eigenvalue weighted by molar-refractivity contribution is 7.09. The van der Waals surface area contributed by atoms with E-state index in [1.54, 1.807) is 12.7 Å². The van der Waals surface area contributed by atoms with Crippen LogP contribution in [0, 0.1) is 0 Å². The summed E-state index contributed by atoms with van der Waals surface area (Å²) in [5, 5.41) is 2.18. The molecule has 2 aromatic rings. The highest BCUT2D eigenvalue weighted by Crippen LogP contribution is 2.34. The largest absolute Gasteiger partial charge is 0.497 e. The quantitative estimate of drug-likeness (QED) is 0.557. The van der Waals surface area contributed by atoms with Crippen LogP contribution in [0.25, 0.3) is 0 Å². The molecule has 138 valence electrons.